The molecule has 1 rings (SSSR count). The maximum atomic E-state index is 12.3. The third kappa shape index (κ3) is 6.73. The molecular formula is C14H17F3N4O4. The molecule has 0 saturated carbocycles. The van der Waals surface area contributed by atoms with E-state index in [0.717, 1.165) is 0 Å². The van der Waals surface area contributed by atoms with Crippen molar-refractivity contribution in [2.75, 3.05) is 6.54 Å². The standard InChI is InChI=1S/C14H17F3N4O4/c1-7(2)3-9(12(24)25)21-10(22)6-18-11(23)8-4-19-13(20-5-8)14(15,16)17/h4-5,7,9H,3,6H2,1-2H3,(H,18,23)(H,21,22)(H,24,25)/t9-/m0/s1. The monoisotopic (exact) mass is 362 g/mol. The molecule has 1 atom stereocenters. The van der Waals surface area contributed by atoms with Gasteiger partial charge >= 0.3 is 12.1 Å². The lowest BCUT2D eigenvalue weighted by molar-refractivity contribution is -0.145. The summed E-state index contributed by atoms with van der Waals surface area (Å²) in [5.74, 6) is -4.17. The Kier molecular flexibility index (Phi) is 6.83. The van der Waals surface area contributed by atoms with Gasteiger partial charge in [0.15, 0.2) is 0 Å². The topological polar surface area (TPSA) is 121 Å². The molecule has 3 N–H and O–H groups in total. The van der Waals surface area contributed by atoms with Crippen LogP contribution in [0.25, 0.3) is 0 Å². The highest BCUT2D eigenvalue weighted by Gasteiger charge is 2.34. The summed E-state index contributed by atoms with van der Waals surface area (Å²) >= 11 is 0. The summed E-state index contributed by atoms with van der Waals surface area (Å²) in [6, 6.07) is -1.10. The molecule has 0 aliphatic carbocycles. The number of hydrogen-bond acceptors (Lipinski definition) is 5. The van der Waals surface area contributed by atoms with Gasteiger partial charge in [-0.15, -0.1) is 0 Å². The maximum Gasteiger partial charge on any atom is 0.451 e. The number of carbonyl (C=O) groups is 3. The van der Waals surface area contributed by atoms with Crippen molar-refractivity contribution in [3.8, 4) is 0 Å². The molecule has 0 radical (unpaired) electrons. The first-order chi connectivity index (χ1) is 11.5. The fraction of sp³-hybridized carbons (Fsp3) is 0.500. The minimum absolute atomic E-state index is 0.0280. The zero-order valence-corrected chi connectivity index (χ0v) is 13.4. The fourth-order valence-electron chi connectivity index (χ4n) is 1.79. The number of amides is 2. The number of hydrogen-bond donors (Lipinski definition) is 3. The van der Waals surface area contributed by atoms with Crippen LogP contribution in [0, 0.1) is 5.92 Å². The number of nitrogens with zero attached hydrogens (tertiary/aromatic N) is 2. The zero-order valence-electron chi connectivity index (χ0n) is 13.4. The number of carboxylic acids is 1. The van der Waals surface area contributed by atoms with Crippen LogP contribution in [0.3, 0.4) is 0 Å². The Bertz CT molecular complexity index is 632. The average molecular weight is 362 g/mol. The van der Waals surface area contributed by atoms with Crippen molar-refractivity contribution in [3.05, 3.63) is 23.8 Å². The first kappa shape index (κ1) is 20.3. The third-order valence-corrected chi connectivity index (χ3v) is 2.92. The van der Waals surface area contributed by atoms with Crippen molar-refractivity contribution in [3.63, 3.8) is 0 Å². The summed E-state index contributed by atoms with van der Waals surface area (Å²) in [7, 11) is 0. The van der Waals surface area contributed by atoms with Gasteiger partial charge in [0.25, 0.3) is 5.91 Å². The van der Waals surface area contributed by atoms with E-state index >= 15 is 0 Å². The van der Waals surface area contributed by atoms with E-state index in [2.05, 4.69) is 20.6 Å². The average Bonchev–Trinajstić information content (AvgIpc) is 2.50. The second-order valence-electron chi connectivity index (χ2n) is 5.56. The molecule has 0 bridgehead atoms. The number of halogens is 3. The summed E-state index contributed by atoms with van der Waals surface area (Å²) < 4.78 is 37.0. The third-order valence-electron chi connectivity index (χ3n) is 2.92. The van der Waals surface area contributed by atoms with Crippen LogP contribution in [0.1, 0.15) is 36.5 Å². The van der Waals surface area contributed by atoms with E-state index in [-0.39, 0.29) is 17.9 Å². The summed E-state index contributed by atoms with van der Waals surface area (Å²) in [4.78, 5) is 40.5. The van der Waals surface area contributed by atoms with E-state index in [1.807, 2.05) is 0 Å². The molecule has 1 aromatic rings. The SMILES string of the molecule is CC(C)C[C@H](NC(=O)CNC(=O)c1cnc(C(F)(F)F)nc1)C(=O)O. The predicted molar refractivity (Wildman–Crippen MR) is 78.4 cm³/mol. The Morgan fingerprint density at radius 3 is 2.20 bits per heavy atom. The van der Waals surface area contributed by atoms with Crippen LogP contribution in [0.5, 0.6) is 0 Å². The van der Waals surface area contributed by atoms with Crippen molar-refractivity contribution in [2.24, 2.45) is 5.92 Å². The Labute approximate surface area is 140 Å². The molecule has 11 heteroatoms. The molecule has 2 amide bonds. The van der Waals surface area contributed by atoms with Crippen molar-refractivity contribution in [2.45, 2.75) is 32.5 Å². The number of aliphatic carboxylic acids is 1. The Balaban J connectivity index is 2.58. The van der Waals surface area contributed by atoms with Crippen molar-refractivity contribution >= 4 is 17.8 Å². The van der Waals surface area contributed by atoms with E-state index in [4.69, 9.17) is 5.11 Å². The summed E-state index contributed by atoms with van der Waals surface area (Å²) in [5.41, 5.74) is -0.266. The predicted octanol–water partition coefficient (Wildman–Crippen LogP) is 0.841. The van der Waals surface area contributed by atoms with Crippen LogP contribution in [-0.2, 0) is 15.8 Å². The van der Waals surface area contributed by atoms with Crippen molar-refractivity contribution in [1.29, 1.82) is 0 Å². The number of nitrogens with one attached hydrogen (secondary N) is 2. The molecule has 0 saturated heterocycles. The zero-order chi connectivity index (χ0) is 19.2. The van der Waals surface area contributed by atoms with Crippen LogP contribution >= 0.6 is 0 Å². The summed E-state index contributed by atoms with van der Waals surface area (Å²) in [5, 5.41) is 13.4. The van der Waals surface area contributed by atoms with Crippen LogP contribution in [-0.4, -0.2) is 45.4 Å². The largest absolute Gasteiger partial charge is 0.480 e. The summed E-state index contributed by atoms with van der Waals surface area (Å²) in [6.45, 7) is 3.03. The van der Waals surface area contributed by atoms with E-state index in [9.17, 15) is 27.6 Å². The van der Waals surface area contributed by atoms with Gasteiger partial charge < -0.3 is 15.7 Å². The Morgan fingerprint density at radius 1 is 1.20 bits per heavy atom. The number of carbonyl (C=O) groups excluding carboxylic acids is 2. The molecule has 25 heavy (non-hydrogen) atoms. The summed E-state index contributed by atoms with van der Waals surface area (Å²) in [6.07, 6.45) is -3.15. The number of alkyl halides is 3. The van der Waals surface area contributed by atoms with Gasteiger partial charge in [0.2, 0.25) is 11.7 Å². The lowest BCUT2D eigenvalue weighted by Gasteiger charge is -2.16. The molecule has 138 valence electrons. The minimum atomic E-state index is -4.73. The van der Waals surface area contributed by atoms with Crippen LogP contribution in [0.4, 0.5) is 13.2 Å². The van der Waals surface area contributed by atoms with Crippen LogP contribution in [0.2, 0.25) is 0 Å². The highest BCUT2D eigenvalue weighted by Crippen LogP contribution is 2.25. The first-order valence-electron chi connectivity index (χ1n) is 7.20. The molecule has 1 heterocycles. The Hall–Kier alpha value is -2.72. The van der Waals surface area contributed by atoms with Gasteiger partial charge in [0.05, 0.1) is 12.1 Å². The van der Waals surface area contributed by atoms with Crippen LogP contribution < -0.4 is 10.6 Å². The normalized spacial score (nSPS) is 12.6. The molecule has 0 spiro atoms. The molecule has 0 aliphatic rings. The quantitative estimate of drug-likeness (QED) is 0.661. The smallest absolute Gasteiger partial charge is 0.451 e. The molecule has 0 aromatic carbocycles. The molecular weight excluding hydrogens is 345 g/mol. The van der Waals surface area contributed by atoms with Gasteiger partial charge in [0.1, 0.15) is 6.04 Å². The van der Waals surface area contributed by atoms with E-state index in [1.165, 1.54) is 0 Å². The lowest BCUT2D eigenvalue weighted by atomic mass is 10.0. The number of rotatable bonds is 7. The molecule has 1 aromatic heterocycles. The second-order valence-corrected chi connectivity index (χ2v) is 5.56. The number of carboxylic acid groups (broad SMARTS) is 1. The second kappa shape index (κ2) is 8.40. The lowest BCUT2D eigenvalue weighted by Crippen LogP contribution is -2.46. The first-order valence-corrected chi connectivity index (χ1v) is 7.20. The van der Waals surface area contributed by atoms with Gasteiger partial charge in [0, 0.05) is 12.4 Å². The highest BCUT2D eigenvalue weighted by atomic mass is 19.4. The maximum absolute atomic E-state index is 12.3. The van der Waals surface area contributed by atoms with Crippen LogP contribution in [0.15, 0.2) is 12.4 Å². The molecule has 8 nitrogen and oxygen atoms in total. The van der Waals surface area contributed by atoms with Crippen molar-refractivity contribution in [1.82, 2.24) is 20.6 Å². The Morgan fingerprint density at radius 2 is 1.76 bits per heavy atom. The van der Waals surface area contributed by atoms with E-state index in [1.54, 1.807) is 13.8 Å². The van der Waals surface area contributed by atoms with Gasteiger partial charge in [-0.3, -0.25) is 9.59 Å². The van der Waals surface area contributed by atoms with E-state index in [0.29, 0.717) is 12.4 Å². The van der Waals surface area contributed by atoms with Crippen molar-refractivity contribution < 1.29 is 32.7 Å². The molecule has 0 fully saturated rings. The van der Waals surface area contributed by atoms with Gasteiger partial charge in [-0.1, -0.05) is 13.8 Å². The minimum Gasteiger partial charge on any atom is -0.480 e. The van der Waals surface area contributed by atoms with Gasteiger partial charge in [-0.05, 0) is 12.3 Å². The molecule has 0 aliphatic heterocycles. The van der Waals surface area contributed by atoms with Gasteiger partial charge in [-0.25, -0.2) is 14.8 Å². The number of aromatic nitrogens is 2. The fourth-order valence-corrected chi connectivity index (χ4v) is 1.79. The van der Waals surface area contributed by atoms with E-state index < -0.39 is 42.4 Å². The van der Waals surface area contributed by atoms with Gasteiger partial charge in [-0.2, -0.15) is 13.2 Å². The molecule has 0 unspecified atom stereocenters. The highest BCUT2D eigenvalue weighted by molar-refractivity contribution is 5.96.